The first-order chi connectivity index (χ1) is 9.50. The molecule has 1 aromatic heterocycles. The zero-order valence-corrected chi connectivity index (χ0v) is 11.6. The van der Waals surface area contributed by atoms with Gasteiger partial charge >= 0.3 is 0 Å². The second kappa shape index (κ2) is 5.83. The molecule has 0 saturated carbocycles. The number of hydrogen-bond donors (Lipinski definition) is 0. The van der Waals surface area contributed by atoms with Crippen LogP contribution in [-0.2, 0) is 16.4 Å². The summed E-state index contributed by atoms with van der Waals surface area (Å²) in [5.74, 6) is 0.451. The van der Waals surface area contributed by atoms with E-state index in [1.165, 1.54) is 18.5 Å². The van der Waals surface area contributed by atoms with Crippen molar-refractivity contribution in [2.45, 2.75) is 11.5 Å². The zero-order chi connectivity index (χ0) is 14.6. The first-order valence-corrected chi connectivity index (χ1v) is 7.71. The van der Waals surface area contributed by atoms with Gasteiger partial charge in [0, 0.05) is 24.2 Å². The third-order valence-corrected chi connectivity index (χ3v) is 3.72. The van der Waals surface area contributed by atoms with Crippen LogP contribution in [0.5, 0.6) is 5.75 Å². The highest BCUT2D eigenvalue weighted by Crippen LogP contribution is 2.18. The van der Waals surface area contributed by atoms with Gasteiger partial charge in [-0.25, -0.2) is 8.42 Å². The van der Waals surface area contributed by atoms with Gasteiger partial charge in [-0.3, -0.25) is 9.78 Å². The summed E-state index contributed by atoms with van der Waals surface area (Å²) >= 11 is 0. The Labute approximate surface area is 117 Å². The van der Waals surface area contributed by atoms with Crippen LogP contribution < -0.4 is 4.74 Å². The van der Waals surface area contributed by atoms with Crippen LogP contribution in [0, 0.1) is 0 Å². The van der Waals surface area contributed by atoms with Crippen molar-refractivity contribution in [2.24, 2.45) is 0 Å². The van der Waals surface area contributed by atoms with Crippen LogP contribution in [0.25, 0.3) is 0 Å². The standard InChI is InChI=1S/C14H13NO4S/c1-20(17,18)13-6-11(7-15-8-13)10-19-14-5-3-2-4-12(14)9-16/h2-9H,10H2,1H3. The molecular formula is C14H13NO4S. The number of nitrogens with zero attached hydrogens (tertiary/aromatic N) is 1. The number of rotatable bonds is 5. The number of aromatic nitrogens is 1. The molecule has 1 heterocycles. The molecule has 0 aliphatic rings. The van der Waals surface area contributed by atoms with Crippen LogP contribution in [-0.4, -0.2) is 25.9 Å². The molecule has 0 aliphatic heterocycles. The molecule has 0 spiro atoms. The Morgan fingerprint density at radius 1 is 1.25 bits per heavy atom. The fourth-order valence-corrected chi connectivity index (χ4v) is 2.23. The highest BCUT2D eigenvalue weighted by Gasteiger charge is 2.09. The fourth-order valence-electron chi connectivity index (χ4n) is 1.62. The van der Waals surface area contributed by atoms with Gasteiger partial charge in [-0.1, -0.05) is 12.1 Å². The summed E-state index contributed by atoms with van der Waals surface area (Å²) in [4.78, 5) is 14.9. The van der Waals surface area contributed by atoms with Crippen LogP contribution in [0.3, 0.4) is 0 Å². The molecule has 0 N–H and O–H groups in total. The van der Waals surface area contributed by atoms with Crippen LogP contribution >= 0.6 is 0 Å². The van der Waals surface area contributed by atoms with Gasteiger partial charge in [0.25, 0.3) is 0 Å². The van der Waals surface area contributed by atoms with E-state index in [4.69, 9.17) is 4.74 Å². The minimum absolute atomic E-state index is 0.140. The maximum absolute atomic E-state index is 11.4. The molecule has 2 rings (SSSR count). The van der Waals surface area contributed by atoms with Crippen molar-refractivity contribution in [3.8, 4) is 5.75 Å². The number of pyridine rings is 1. The molecule has 0 aliphatic carbocycles. The van der Waals surface area contributed by atoms with Crippen LogP contribution in [0.4, 0.5) is 0 Å². The monoisotopic (exact) mass is 291 g/mol. The summed E-state index contributed by atoms with van der Waals surface area (Å²) in [6.45, 7) is 0.140. The van der Waals surface area contributed by atoms with Crippen molar-refractivity contribution in [1.29, 1.82) is 0 Å². The lowest BCUT2D eigenvalue weighted by atomic mass is 10.2. The van der Waals surface area contributed by atoms with E-state index in [9.17, 15) is 13.2 Å². The highest BCUT2D eigenvalue weighted by molar-refractivity contribution is 7.90. The Kier molecular flexibility index (Phi) is 4.14. The number of carbonyl (C=O) groups excluding carboxylic acids is 1. The zero-order valence-electron chi connectivity index (χ0n) is 10.8. The van der Waals surface area contributed by atoms with Gasteiger partial charge in [-0.2, -0.15) is 0 Å². The lowest BCUT2D eigenvalue weighted by Crippen LogP contribution is -2.02. The Morgan fingerprint density at radius 3 is 2.70 bits per heavy atom. The van der Waals surface area contributed by atoms with E-state index in [1.807, 2.05) is 0 Å². The summed E-state index contributed by atoms with van der Waals surface area (Å²) in [5, 5.41) is 0. The van der Waals surface area contributed by atoms with Gasteiger partial charge in [0.2, 0.25) is 0 Å². The Balaban J connectivity index is 2.17. The molecule has 6 heteroatoms. The van der Waals surface area contributed by atoms with Gasteiger partial charge in [0.1, 0.15) is 12.4 Å². The van der Waals surface area contributed by atoms with E-state index < -0.39 is 9.84 Å². The average molecular weight is 291 g/mol. The van der Waals surface area contributed by atoms with E-state index in [1.54, 1.807) is 24.3 Å². The smallest absolute Gasteiger partial charge is 0.177 e. The minimum Gasteiger partial charge on any atom is -0.488 e. The number of carbonyl (C=O) groups is 1. The van der Waals surface area contributed by atoms with E-state index in [2.05, 4.69) is 4.98 Å². The van der Waals surface area contributed by atoms with Crippen molar-refractivity contribution in [3.63, 3.8) is 0 Å². The normalized spacial score (nSPS) is 11.1. The molecule has 20 heavy (non-hydrogen) atoms. The van der Waals surface area contributed by atoms with Gasteiger partial charge < -0.3 is 4.74 Å². The molecule has 104 valence electrons. The molecule has 1 aromatic carbocycles. The van der Waals surface area contributed by atoms with E-state index in [0.717, 1.165) is 6.26 Å². The summed E-state index contributed by atoms with van der Waals surface area (Å²) in [7, 11) is -3.30. The Morgan fingerprint density at radius 2 is 2.00 bits per heavy atom. The predicted molar refractivity (Wildman–Crippen MR) is 73.5 cm³/mol. The summed E-state index contributed by atoms with van der Waals surface area (Å²) < 4.78 is 28.4. The molecule has 0 unspecified atom stereocenters. The molecule has 5 nitrogen and oxygen atoms in total. The Hall–Kier alpha value is -2.21. The highest BCUT2D eigenvalue weighted by atomic mass is 32.2. The van der Waals surface area contributed by atoms with Crippen LogP contribution in [0.15, 0.2) is 47.6 Å². The van der Waals surface area contributed by atoms with Crippen molar-refractivity contribution < 1.29 is 17.9 Å². The minimum atomic E-state index is -3.30. The number of aldehydes is 1. The number of para-hydroxylation sites is 1. The SMILES string of the molecule is CS(=O)(=O)c1cncc(COc2ccccc2C=O)c1. The quantitative estimate of drug-likeness (QED) is 0.786. The second-order valence-electron chi connectivity index (χ2n) is 4.25. The van der Waals surface area contributed by atoms with Gasteiger partial charge in [-0.05, 0) is 18.2 Å². The average Bonchev–Trinajstić information content (AvgIpc) is 2.45. The topological polar surface area (TPSA) is 73.3 Å². The lowest BCUT2D eigenvalue weighted by molar-refractivity contribution is 0.111. The molecular weight excluding hydrogens is 278 g/mol. The van der Waals surface area contributed by atoms with E-state index >= 15 is 0 Å². The van der Waals surface area contributed by atoms with Gasteiger partial charge in [0.05, 0.1) is 10.5 Å². The first-order valence-electron chi connectivity index (χ1n) is 5.81. The third-order valence-electron chi connectivity index (χ3n) is 2.64. The molecule has 2 aromatic rings. The largest absolute Gasteiger partial charge is 0.488 e. The predicted octanol–water partition coefficient (Wildman–Crippen LogP) is 1.88. The van der Waals surface area contributed by atoms with Gasteiger partial charge in [-0.15, -0.1) is 0 Å². The number of ether oxygens (including phenoxy) is 1. The second-order valence-corrected chi connectivity index (χ2v) is 6.26. The Bertz CT molecular complexity index is 725. The molecule has 0 atom stereocenters. The first kappa shape index (κ1) is 14.2. The number of benzene rings is 1. The number of hydrogen-bond acceptors (Lipinski definition) is 5. The van der Waals surface area contributed by atoms with E-state index in [0.29, 0.717) is 23.2 Å². The summed E-state index contributed by atoms with van der Waals surface area (Å²) in [5.41, 5.74) is 1.06. The molecule has 0 fully saturated rings. The molecule has 0 radical (unpaired) electrons. The van der Waals surface area contributed by atoms with Crippen molar-refractivity contribution in [2.75, 3.05) is 6.26 Å². The molecule has 0 bridgehead atoms. The van der Waals surface area contributed by atoms with E-state index in [-0.39, 0.29) is 11.5 Å². The third kappa shape index (κ3) is 3.42. The lowest BCUT2D eigenvalue weighted by Gasteiger charge is -2.08. The fraction of sp³-hybridized carbons (Fsp3) is 0.143. The number of sulfone groups is 1. The summed E-state index contributed by atoms with van der Waals surface area (Å²) in [6, 6.07) is 8.33. The van der Waals surface area contributed by atoms with Crippen LogP contribution in [0.2, 0.25) is 0 Å². The van der Waals surface area contributed by atoms with Gasteiger partial charge in [0.15, 0.2) is 16.1 Å². The molecule has 0 saturated heterocycles. The van der Waals surface area contributed by atoms with Crippen molar-refractivity contribution >= 4 is 16.1 Å². The van der Waals surface area contributed by atoms with Crippen molar-refractivity contribution in [1.82, 2.24) is 4.98 Å². The molecule has 0 amide bonds. The van der Waals surface area contributed by atoms with Crippen LogP contribution in [0.1, 0.15) is 15.9 Å². The van der Waals surface area contributed by atoms with Crippen molar-refractivity contribution in [3.05, 3.63) is 53.9 Å². The maximum atomic E-state index is 11.4. The summed E-state index contributed by atoms with van der Waals surface area (Å²) in [6.07, 6.45) is 4.65. The maximum Gasteiger partial charge on any atom is 0.177 e.